The van der Waals surface area contributed by atoms with Crippen molar-refractivity contribution in [1.82, 2.24) is 15.3 Å². The van der Waals surface area contributed by atoms with E-state index in [2.05, 4.69) is 20.4 Å². The van der Waals surface area contributed by atoms with Gasteiger partial charge in [-0.25, -0.2) is 5.43 Å². The minimum absolute atomic E-state index is 0.175. The van der Waals surface area contributed by atoms with Crippen LogP contribution < -0.4 is 15.5 Å². The topological polar surface area (TPSA) is 84.7 Å². The zero-order valence-electron chi connectivity index (χ0n) is 23.6. The van der Waals surface area contributed by atoms with Gasteiger partial charge < -0.3 is 14.6 Å². The number of para-hydroxylation sites is 2. The number of amides is 2. The van der Waals surface area contributed by atoms with E-state index in [4.69, 9.17) is 27.9 Å². The molecule has 2 N–H and O–H groups in total. The number of aromatic nitrogens is 1. The summed E-state index contributed by atoms with van der Waals surface area (Å²) < 4.78 is 7.86. The molecule has 3 aromatic carbocycles. The van der Waals surface area contributed by atoms with Gasteiger partial charge in [0.1, 0.15) is 11.8 Å². The average molecular weight is 594 g/mol. The third-order valence-corrected chi connectivity index (χ3v) is 7.39. The highest BCUT2D eigenvalue weighted by Crippen LogP contribution is 2.26. The zero-order chi connectivity index (χ0) is 29.5. The number of rotatable bonds is 11. The SMILES string of the molecule is Cc1cccc(C)c1OCC(=O)N[C@H](CC(C)C)C(=O)N/N=C\c1cn(Cc2ccc(Cl)c(Cl)c2)c2ccccc12. The highest BCUT2D eigenvalue weighted by atomic mass is 35.5. The van der Waals surface area contributed by atoms with Gasteiger partial charge in [0.15, 0.2) is 6.61 Å². The Hall–Kier alpha value is -3.81. The van der Waals surface area contributed by atoms with Gasteiger partial charge in [-0.05, 0) is 61.1 Å². The van der Waals surface area contributed by atoms with Gasteiger partial charge >= 0.3 is 0 Å². The standard InChI is InChI=1S/C32H34Cl2N4O3/c1-20(2)14-28(36-30(39)19-41-31-21(3)8-7-9-22(31)4)32(40)37-35-16-24-18-38(29-11-6-5-10-25(24)29)17-23-12-13-26(33)27(34)15-23/h5-13,15-16,18,20,28H,14,17,19H2,1-4H3,(H,36,39)(H,37,40)/b35-16-/t28-/m1/s1. The van der Waals surface area contributed by atoms with Crippen molar-refractivity contribution in [1.29, 1.82) is 0 Å². The third kappa shape index (κ3) is 7.90. The molecule has 0 saturated carbocycles. The summed E-state index contributed by atoms with van der Waals surface area (Å²) in [6.45, 7) is 8.24. The molecular weight excluding hydrogens is 559 g/mol. The lowest BCUT2D eigenvalue weighted by Gasteiger charge is -2.19. The Balaban J connectivity index is 1.43. The summed E-state index contributed by atoms with van der Waals surface area (Å²) in [6, 6.07) is 18.6. The number of nitrogens with zero attached hydrogens (tertiary/aromatic N) is 2. The van der Waals surface area contributed by atoms with Gasteiger partial charge in [0.25, 0.3) is 11.8 Å². The lowest BCUT2D eigenvalue weighted by atomic mass is 10.0. The fourth-order valence-electron chi connectivity index (χ4n) is 4.69. The van der Waals surface area contributed by atoms with E-state index >= 15 is 0 Å². The fraction of sp³-hybridized carbons (Fsp3) is 0.281. The maximum atomic E-state index is 13.0. The Morgan fingerprint density at radius 1 is 1.00 bits per heavy atom. The van der Waals surface area contributed by atoms with Crippen LogP contribution in [0.1, 0.15) is 42.5 Å². The van der Waals surface area contributed by atoms with Gasteiger partial charge in [-0.15, -0.1) is 0 Å². The number of halogens is 2. The van der Waals surface area contributed by atoms with Crippen molar-refractivity contribution in [2.24, 2.45) is 11.0 Å². The second-order valence-corrected chi connectivity index (χ2v) is 11.3. The van der Waals surface area contributed by atoms with Crippen LogP contribution in [-0.4, -0.2) is 35.2 Å². The Labute approximate surface area is 250 Å². The molecule has 41 heavy (non-hydrogen) atoms. The number of aryl methyl sites for hydroxylation is 2. The molecule has 0 aliphatic heterocycles. The fourth-order valence-corrected chi connectivity index (χ4v) is 5.01. The molecule has 0 bridgehead atoms. The van der Waals surface area contributed by atoms with E-state index in [1.165, 1.54) is 0 Å². The summed E-state index contributed by atoms with van der Waals surface area (Å²) in [5.74, 6) is 0.0852. The molecule has 214 valence electrons. The van der Waals surface area contributed by atoms with Crippen LogP contribution in [0.2, 0.25) is 10.0 Å². The van der Waals surface area contributed by atoms with Gasteiger partial charge in [-0.1, -0.05) is 79.5 Å². The minimum atomic E-state index is -0.753. The van der Waals surface area contributed by atoms with Crippen LogP contribution in [-0.2, 0) is 16.1 Å². The van der Waals surface area contributed by atoms with E-state index in [1.54, 1.807) is 12.3 Å². The minimum Gasteiger partial charge on any atom is -0.483 e. The molecule has 0 fully saturated rings. The molecule has 0 spiro atoms. The summed E-state index contributed by atoms with van der Waals surface area (Å²) in [7, 11) is 0. The van der Waals surface area contributed by atoms with Crippen LogP contribution in [0.3, 0.4) is 0 Å². The van der Waals surface area contributed by atoms with Crippen molar-refractivity contribution >= 4 is 52.1 Å². The van der Waals surface area contributed by atoms with E-state index < -0.39 is 11.9 Å². The summed E-state index contributed by atoms with van der Waals surface area (Å²) in [5, 5.41) is 9.04. The first-order valence-electron chi connectivity index (χ1n) is 13.5. The molecule has 0 aliphatic carbocycles. The van der Waals surface area contributed by atoms with Crippen LogP contribution in [0.15, 0.2) is 72.0 Å². The monoisotopic (exact) mass is 592 g/mol. The van der Waals surface area contributed by atoms with Gasteiger partial charge in [0, 0.05) is 29.2 Å². The highest BCUT2D eigenvalue weighted by molar-refractivity contribution is 6.42. The normalized spacial score (nSPS) is 12.2. The summed E-state index contributed by atoms with van der Waals surface area (Å²) in [5.41, 5.74) is 7.36. The number of carbonyl (C=O) groups is 2. The number of hydrogen-bond acceptors (Lipinski definition) is 4. The first kappa shape index (κ1) is 30.2. The largest absolute Gasteiger partial charge is 0.483 e. The van der Waals surface area contributed by atoms with Crippen molar-refractivity contribution in [2.75, 3.05) is 6.61 Å². The predicted octanol–water partition coefficient (Wildman–Crippen LogP) is 6.67. The Kier molecular flexibility index (Phi) is 10.1. The number of carbonyl (C=O) groups excluding carboxylic acids is 2. The Bertz CT molecular complexity index is 1560. The van der Waals surface area contributed by atoms with E-state index in [0.717, 1.165) is 33.2 Å². The molecule has 4 rings (SSSR count). The molecule has 0 aliphatic rings. The van der Waals surface area contributed by atoms with Gasteiger partial charge in [0.05, 0.1) is 16.3 Å². The summed E-state index contributed by atoms with van der Waals surface area (Å²) in [4.78, 5) is 25.7. The smallest absolute Gasteiger partial charge is 0.262 e. The first-order chi connectivity index (χ1) is 19.6. The zero-order valence-corrected chi connectivity index (χ0v) is 25.1. The molecule has 0 radical (unpaired) electrons. The molecule has 7 nitrogen and oxygen atoms in total. The van der Waals surface area contributed by atoms with Crippen molar-refractivity contribution in [3.63, 3.8) is 0 Å². The Morgan fingerprint density at radius 3 is 2.44 bits per heavy atom. The van der Waals surface area contributed by atoms with Crippen molar-refractivity contribution < 1.29 is 14.3 Å². The molecule has 4 aromatic rings. The lowest BCUT2D eigenvalue weighted by molar-refractivity contribution is -0.130. The summed E-state index contributed by atoms with van der Waals surface area (Å²) >= 11 is 12.3. The average Bonchev–Trinajstić information content (AvgIpc) is 3.27. The maximum absolute atomic E-state index is 13.0. The molecular formula is C32H34Cl2N4O3. The molecule has 2 amide bonds. The van der Waals surface area contributed by atoms with Crippen LogP contribution in [0.5, 0.6) is 5.75 Å². The maximum Gasteiger partial charge on any atom is 0.262 e. The first-order valence-corrected chi connectivity index (χ1v) is 14.2. The third-order valence-electron chi connectivity index (χ3n) is 6.65. The molecule has 1 heterocycles. The number of ether oxygens (including phenoxy) is 1. The number of benzene rings is 3. The lowest BCUT2D eigenvalue weighted by Crippen LogP contribution is -2.47. The van der Waals surface area contributed by atoms with Crippen LogP contribution in [0.4, 0.5) is 0 Å². The molecule has 9 heteroatoms. The van der Waals surface area contributed by atoms with E-state index in [9.17, 15) is 9.59 Å². The van der Waals surface area contributed by atoms with Crippen molar-refractivity contribution in [3.8, 4) is 5.75 Å². The highest BCUT2D eigenvalue weighted by Gasteiger charge is 2.22. The van der Waals surface area contributed by atoms with Crippen LogP contribution >= 0.6 is 23.2 Å². The van der Waals surface area contributed by atoms with Crippen LogP contribution in [0, 0.1) is 19.8 Å². The van der Waals surface area contributed by atoms with Gasteiger partial charge in [0.2, 0.25) is 0 Å². The second kappa shape index (κ2) is 13.7. The van der Waals surface area contributed by atoms with E-state index in [0.29, 0.717) is 28.8 Å². The number of fused-ring (bicyclic) bond motifs is 1. The molecule has 0 unspecified atom stereocenters. The van der Waals surface area contributed by atoms with Crippen molar-refractivity contribution in [3.05, 3.63) is 99.2 Å². The second-order valence-electron chi connectivity index (χ2n) is 10.5. The molecule has 0 saturated heterocycles. The summed E-state index contributed by atoms with van der Waals surface area (Å²) in [6.07, 6.45) is 4.05. The predicted molar refractivity (Wildman–Crippen MR) is 166 cm³/mol. The number of nitrogens with one attached hydrogen (secondary N) is 2. The van der Waals surface area contributed by atoms with Crippen LogP contribution in [0.25, 0.3) is 10.9 Å². The van der Waals surface area contributed by atoms with Crippen molar-refractivity contribution in [2.45, 2.75) is 46.7 Å². The molecule has 1 atom stereocenters. The number of hydrazone groups is 1. The molecule has 1 aromatic heterocycles. The van der Waals surface area contributed by atoms with Gasteiger partial charge in [-0.2, -0.15) is 5.10 Å². The number of hydrogen-bond donors (Lipinski definition) is 2. The van der Waals surface area contributed by atoms with E-state index in [-0.39, 0.29) is 18.4 Å². The quantitative estimate of drug-likeness (QED) is 0.150. The van der Waals surface area contributed by atoms with E-state index in [1.807, 2.05) is 88.5 Å². The van der Waals surface area contributed by atoms with Gasteiger partial charge in [-0.3, -0.25) is 9.59 Å². The Morgan fingerprint density at radius 2 is 1.73 bits per heavy atom.